The number of halogens is 6. The molecule has 1 saturated heterocycles. The van der Waals surface area contributed by atoms with Crippen LogP contribution in [0, 0.1) is 5.21 Å². The molecule has 1 aromatic rings. The average Bonchev–Trinajstić information content (AvgIpc) is 2.91. The topological polar surface area (TPSA) is 61.9 Å². The van der Waals surface area contributed by atoms with Gasteiger partial charge in [-0.3, -0.25) is 0 Å². The predicted molar refractivity (Wildman–Crippen MR) is 64.9 cm³/mol. The number of rotatable bonds is 3. The second kappa shape index (κ2) is 6.13. The molecule has 1 atom stereocenters. The zero-order chi connectivity index (χ0) is 17.3. The predicted octanol–water partition coefficient (Wildman–Crippen LogP) is 2.27. The van der Waals surface area contributed by atoms with Crippen LogP contribution in [0.1, 0.15) is 17.5 Å². The summed E-state index contributed by atoms with van der Waals surface area (Å²) in [5, 5.41) is 14.0. The minimum atomic E-state index is -4.90. The summed E-state index contributed by atoms with van der Waals surface area (Å²) in [4.78, 5) is 6.03. The van der Waals surface area contributed by atoms with Gasteiger partial charge in [-0.2, -0.15) is 26.3 Å². The van der Waals surface area contributed by atoms with Crippen LogP contribution in [-0.4, -0.2) is 19.2 Å². The van der Waals surface area contributed by atoms with Crippen molar-refractivity contribution in [2.45, 2.75) is 24.9 Å². The summed E-state index contributed by atoms with van der Waals surface area (Å²) in [5.41, 5.74) is -2.97. The number of hydrogen-bond donors (Lipinski definition) is 1. The van der Waals surface area contributed by atoms with Crippen molar-refractivity contribution in [3.8, 4) is 0 Å². The fraction of sp³-hybridized carbons (Fsp3) is 0.500. The lowest BCUT2D eigenvalue weighted by Gasteiger charge is -2.21. The average molecular weight is 343 g/mol. The lowest BCUT2D eigenvalue weighted by atomic mass is 10.1. The third-order valence-electron chi connectivity index (χ3n) is 3.32. The Bertz CT molecular complexity index is 555. The van der Waals surface area contributed by atoms with Gasteiger partial charge in [0.05, 0.1) is 17.7 Å². The first kappa shape index (κ1) is 17.2. The Morgan fingerprint density at radius 2 is 1.65 bits per heavy atom. The third kappa shape index (κ3) is 4.17. The van der Waals surface area contributed by atoms with Gasteiger partial charge >= 0.3 is 12.4 Å². The summed E-state index contributed by atoms with van der Waals surface area (Å²) >= 11 is 0. The lowest BCUT2D eigenvalue weighted by Crippen LogP contribution is -2.56. The van der Waals surface area contributed by atoms with E-state index in [2.05, 4.69) is 5.28 Å². The Balaban J connectivity index is 2.31. The molecular formula is C12H11F6N3O2. The minimum absolute atomic E-state index is 0.0176. The van der Waals surface area contributed by atoms with Crippen LogP contribution in [0.15, 0.2) is 23.5 Å². The molecule has 23 heavy (non-hydrogen) atoms. The highest BCUT2D eigenvalue weighted by atomic mass is 19.4. The summed E-state index contributed by atoms with van der Waals surface area (Å²) in [6, 6.07) is 1.38. The lowest BCUT2D eigenvalue weighted by molar-refractivity contribution is -0.498. The molecule has 1 aliphatic rings. The molecule has 0 radical (unpaired) electrons. The number of anilines is 1. The monoisotopic (exact) mass is 343 g/mol. The summed E-state index contributed by atoms with van der Waals surface area (Å²) in [5.74, 6) is 0. The molecular weight excluding hydrogens is 332 g/mol. The van der Waals surface area contributed by atoms with E-state index in [0.717, 1.165) is 5.28 Å². The van der Waals surface area contributed by atoms with Crippen molar-refractivity contribution in [3.63, 3.8) is 0 Å². The SMILES string of the molecule is [O-]/[NH+]=N\O[C@@H]1CCN(c2cc(C(F)(F)F)cc(C(F)(F)F)c2)C1. The Hall–Kier alpha value is -2.20. The highest BCUT2D eigenvalue weighted by Crippen LogP contribution is 2.39. The normalized spacial score (nSPS) is 19.6. The van der Waals surface area contributed by atoms with E-state index < -0.39 is 29.6 Å². The quantitative estimate of drug-likeness (QED) is 0.520. The summed E-state index contributed by atoms with van der Waals surface area (Å²) in [6.45, 7) is 0.196. The van der Waals surface area contributed by atoms with E-state index in [1.165, 1.54) is 4.90 Å². The van der Waals surface area contributed by atoms with Crippen LogP contribution in [0.4, 0.5) is 32.0 Å². The van der Waals surface area contributed by atoms with E-state index in [1.54, 1.807) is 0 Å². The van der Waals surface area contributed by atoms with E-state index in [4.69, 9.17) is 4.84 Å². The molecule has 2 rings (SSSR count). The van der Waals surface area contributed by atoms with Crippen molar-refractivity contribution in [2.75, 3.05) is 18.0 Å². The van der Waals surface area contributed by atoms with Crippen molar-refractivity contribution in [2.24, 2.45) is 5.28 Å². The molecule has 1 aliphatic heterocycles. The highest BCUT2D eigenvalue weighted by molar-refractivity contribution is 5.53. The zero-order valence-corrected chi connectivity index (χ0v) is 11.4. The van der Waals surface area contributed by atoms with Crippen LogP contribution >= 0.6 is 0 Å². The molecule has 1 N–H and O–H groups in total. The summed E-state index contributed by atoms with van der Waals surface area (Å²) < 4.78 is 76.8. The molecule has 0 bridgehead atoms. The van der Waals surface area contributed by atoms with E-state index in [-0.39, 0.29) is 24.8 Å². The second-order valence-electron chi connectivity index (χ2n) is 4.91. The van der Waals surface area contributed by atoms with Crippen molar-refractivity contribution in [1.29, 1.82) is 0 Å². The van der Waals surface area contributed by atoms with Crippen LogP contribution in [0.25, 0.3) is 0 Å². The van der Waals surface area contributed by atoms with E-state index in [9.17, 15) is 31.5 Å². The number of hydrogen-bond acceptors (Lipinski definition) is 4. The molecule has 0 spiro atoms. The Morgan fingerprint density at radius 1 is 1.09 bits per heavy atom. The first-order valence-electron chi connectivity index (χ1n) is 6.38. The molecule has 128 valence electrons. The summed E-state index contributed by atoms with van der Waals surface area (Å²) in [7, 11) is 0. The van der Waals surface area contributed by atoms with Gasteiger partial charge < -0.3 is 14.9 Å². The number of nitrogens with one attached hydrogen (secondary N) is 1. The zero-order valence-electron chi connectivity index (χ0n) is 11.4. The smallest absolute Gasteiger partial charge is 0.416 e. The van der Waals surface area contributed by atoms with Gasteiger partial charge in [-0.1, -0.05) is 5.28 Å². The van der Waals surface area contributed by atoms with Crippen LogP contribution in [0.2, 0.25) is 0 Å². The van der Waals surface area contributed by atoms with E-state index in [1.807, 2.05) is 0 Å². The fourth-order valence-corrected chi connectivity index (χ4v) is 2.27. The van der Waals surface area contributed by atoms with Gasteiger partial charge in [0.2, 0.25) is 0 Å². The van der Waals surface area contributed by atoms with Crippen molar-refractivity contribution in [3.05, 3.63) is 34.5 Å². The van der Waals surface area contributed by atoms with Crippen LogP contribution in [-0.2, 0) is 17.2 Å². The first-order valence-corrected chi connectivity index (χ1v) is 6.38. The van der Waals surface area contributed by atoms with Crippen molar-refractivity contribution < 1.29 is 36.5 Å². The molecule has 11 heteroatoms. The largest absolute Gasteiger partial charge is 0.599 e. The van der Waals surface area contributed by atoms with Gasteiger partial charge in [0.1, 0.15) is 0 Å². The first-order chi connectivity index (χ1) is 10.6. The minimum Gasteiger partial charge on any atom is -0.599 e. The molecule has 0 aromatic heterocycles. The van der Waals surface area contributed by atoms with E-state index >= 15 is 0 Å². The van der Waals surface area contributed by atoms with Crippen LogP contribution < -0.4 is 10.2 Å². The van der Waals surface area contributed by atoms with Gasteiger partial charge in [0.15, 0.2) is 11.4 Å². The van der Waals surface area contributed by atoms with Gasteiger partial charge in [-0.15, -0.1) is 0 Å². The molecule has 1 fully saturated rings. The molecule has 0 aliphatic carbocycles. The molecule has 0 amide bonds. The van der Waals surface area contributed by atoms with Gasteiger partial charge in [0.25, 0.3) is 0 Å². The van der Waals surface area contributed by atoms with Crippen molar-refractivity contribution in [1.82, 2.24) is 0 Å². The molecule has 0 unspecified atom stereocenters. The molecule has 5 nitrogen and oxygen atoms in total. The maximum absolute atomic E-state index is 12.8. The molecule has 1 heterocycles. The molecule has 1 aromatic carbocycles. The maximum Gasteiger partial charge on any atom is 0.416 e. The third-order valence-corrected chi connectivity index (χ3v) is 3.32. The number of nitrogens with zero attached hydrogens (tertiary/aromatic N) is 2. The standard InChI is InChI=1S/C12H11F6N3O2/c13-11(14,15)7-3-8(12(16,17)18)5-9(4-7)21-2-1-10(6-21)23-20-19-22/h3-5,10,19H,1-2,6H2/t10-/m1/s1. The van der Waals surface area contributed by atoms with Gasteiger partial charge in [-0.05, 0) is 18.2 Å². The molecule has 0 saturated carbocycles. The fourth-order valence-electron chi connectivity index (χ4n) is 2.27. The Labute approximate surface area is 126 Å². The van der Waals surface area contributed by atoms with Gasteiger partial charge in [-0.25, -0.2) is 0 Å². The highest BCUT2D eigenvalue weighted by Gasteiger charge is 2.38. The van der Waals surface area contributed by atoms with Gasteiger partial charge in [0, 0.05) is 18.7 Å². The summed E-state index contributed by atoms with van der Waals surface area (Å²) in [6.07, 6.45) is -10.1. The number of alkyl halides is 6. The Morgan fingerprint density at radius 3 is 2.13 bits per heavy atom. The maximum atomic E-state index is 12.8. The van der Waals surface area contributed by atoms with Crippen LogP contribution in [0.3, 0.4) is 0 Å². The van der Waals surface area contributed by atoms with Crippen LogP contribution in [0.5, 0.6) is 0 Å². The van der Waals surface area contributed by atoms with Crippen molar-refractivity contribution >= 4 is 5.69 Å². The Kier molecular flexibility index (Phi) is 4.57. The number of benzene rings is 1. The van der Waals surface area contributed by atoms with E-state index in [0.29, 0.717) is 18.6 Å². The second-order valence-corrected chi connectivity index (χ2v) is 4.91.